The van der Waals surface area contributed by atoms with Crippen LogP contribution in [0.25, 0.3) is 0 Å². The fourth-order valence-electron chi connectivity index (χ4n) is 2.26. The molecule has 1 unspecified atom stereocenters. The van der Waals surface area contributed by atoms with Gasteiger partial charge in [0.25, 0.3) is 0 Å². The van der Waals surface area contributed by atoms with Crippen molar-refractivity contribution in [2.45, 2.75) is 32.2 Å². The molecule has 1 N–H and O–H groups in total. The van der Waals surface area contributed by atoms with E-state index in [1.54, 1.807) is 22.9 Å². The molecule has 0 aliphatic heterocycles. The van der Waals surface area contributed by atoms with Crippen molar-refractivity contribution in [3.8, 4) is 0 Å². The molecule has 114 valence electrons. The molecule has 4 nitrogen and oxygen atoms in total. The minimum atomic E-state index is -0.333. The van der Waals surface area contributed by atoms with Gasteiger partial charge in [-0.2, -0.15) is 5.10 Å². The first-order chi connectivity index (χ1) is 10.1. The summed E-state index contributed by atoms with van der Waals surface area (Å²) in [4.78, 5) is 4.24. The van der Waals surface area contributed by atoms with Crippen LogP contribution >= 0.6 is 11.6 Å². The van der Waals surface area contributed by atoms with Gasteiger partial charge in [-0.3, -0.25) is 4.68 Å². The van der Waals surface area contributed by atoms with Gasteiger partial charge in [0.15, 0.2) is 0 Å². The largest absolute Gasteiger partial charge is 0.313 e. The van der Waals surface area contributed by atoms with Crippen LogP contribution in [0.5, 0.6) is 0 Å². The highest BCUT2D eigenvalue weighted by Crippen LogP contribution is 2.19. The summed E-state index contributed by atoms with van der Waals surface area (Å²) in [7, 11) is 1.86. The maximum atomic E-state index is 14.0. The number of hydrogen-bond acceptors (Lipinski definition) is 3. The van der Waals surface area contributed by atoms with E-state index in [9.17, 15) is 4.39 Å². The number of benzene rings is 1. The van der Waals surface area contributed by atoms with Crippen LogP contribution in [0, 0.1) is 5.82 Å². The van der Waals surface area contributed by atoms with Crippen LogP contribution in [0.4, 0.5) is 4.39 Å². The predicted octanol–water partition coefficient (Wildman–Crippen LogP) is 2.76. The molecule has 1 atom stereocenters. The van der Waals surface area contributed by atoms with Crippen LogP contribution in [-0.4, -0.2) is 27.4 Å². The van der Waals surface area contributed by atoms with Gasteiger partial charge in [-0.1, -0.05) is 30.7 Å². The number of aromatic nitrogens is 3. The molecular weight excluding hydrogens is 291 g/mol. The first-order valence-electron chi connectivity index (χ1n) is 7.11. The summed E-state index contributed by atoms with van der Waals surface area (Å²) in [5, 5.41) is 7.68. The van der Waals surface area contributed by atoms with Gasteiger partial charge in [0, 0.05) is 19.5 Å². The quantitative estimate of drug-likeness (QED) is 0.855. The zero-order valence-electron chi connectivity index (χ0n) is 12.3. The Morgan fingerprint density at radius 2 is 2.19 bits per heavy atom. The molecular formula is C15H20ClFN4. The van der Waals surface area contributed by atoms with Crippen molar-refractivity contribution < 1.29 is 4.39 Å². The molecule has 0 aliphatic carbocycles. The highest BCUT2D eigenvalue weighted by Gasteiger charge is 2.16. The number of nitrogens with zero attached hydrogens (tertiary/aromatic N) is 3. The van der Waals surface area contributed by atoms with Crippen molar-refractivity contribution in [2.24, 2.45) is 7.05 Å². The number of halogens is 2. The monoisotopic (exact) mass is 310 g/mol. The van der Waals surface area contributed by atoms with Crippen LogP contribution in [0.15, 0.2) is 24.5 Å². The maximum Gasteiger partial charge on any atom is 0.145 e. The minimum absolute atomic E-state index is 0.0980. The van der Waals surface area contributed by atoms with Crippen LogP contribution in [-0.2, 0) is 19.9 Å². The minimum Gasteiger partial charge on any atom is -0.313 e. The van der Waals surface area contributed by atoms with Crippen molar-refractivity contribution >= 4 is 11.6 Å². The Hall–Kier alpha value is -1.46. The topological polar surface area (TPSA) is 42.7 Å². The summed E-state index contributed by atoms with van der Waals surface area (Å²) in [6.07, 6.45) is 3.82. The van der Waals surface area contributed by atoms with Crippen molar-refractivity contribution in [3.05, 3.63) is 46.8 Å². The standard InChI is InChI=1S/C15H20ClFN4/c1-3-7-18-12(9-14-19-10-20-21(14)2)8-11-5-4-6-13(16)15(11)17/h4-6,10,12,18H,3,7-9H2,1-2H3. The Kier molecular flexibility index (Phi) is 5.70. The summed E-state index contributed by atoms with van der Waals surface area (Å²) in [5.41, 5.74) is 0.623. The lowest BCUT2D eigenvalue weighted by molar-refractivity contribution is 0.476. The summed E-state index contributed by atoms with van der Waals surface area (Å²) in [5.74, 6) is 0.548. The van der Waals surface area contributed by atoms with E-state index in [4.69, 9.17) is 11.6 Å². The molecule has 0 radical (unpaired) electrons. The van der Waals surface area contributed by atoms with Crippen molar-refractivity contribution in [1.29, 1.82) is 0 Å². The summed E-state index contributed by atoms with van der Waals surface area (Å²) in [6.45, 7) is 2.98. The first kappa shape index (κ1) is 15.9. The second kappa shape index (κ2) is 7.52. The smallest absolute Gasteiger partial charge is 0.145 e. The van der Waals surface area contributed by atoms with Gasteiger partial charge in [0.2, 0.25) is 0 Å². The van der Waals surface area contributed by atoms with E-state index in [1.165, 1.54) is 6.33 Å². The third kappa shape index (κ3) is 4.25. The Bertz CT molecular complexity index is 585. The molecule has 1 aromatic carbocycles. The Morgan fingerprint density at radius 1 is 1.38 bits per heavy atom. The van der Waals surface area contributed by atoms with Crippen molar-refractivity contribution in [1.82, 2.24) is 20.1 Å². The van der Waals surface area contributed by atoms with Gasteiger partial charge in [-0.25, -0.2) is 9.37 Å². The second-order valence-electron chi connectivity index (χ2n) is 5.07. The van der Waals surface area contributed by atoms with Gasteiger partial charge >= 0.3 is 0 Å². The number of aryl methyl sites for hydroxylation is 1. The molecule has 6 heteroatoms. The molecule has 0 bridgehead atoms. The Balaban J connectivity index is 2.12. The summed E-state index contributed by atoms with van der Waals surface area (Å²) >= 11 is 5.85. The molecule has 2 aromatic rings. The molecule has 0 spiro atoms. The van der Waals surface area contributed by atoms with E-state index >= 15 is 0 Å². The lowest BCUT2D eigenvalue weighted by Crippen LogP contribution is -2.35. The third-order valence-electron chi connectivity index (χ3n) is 3.42. The van der Waals surface area contributed by atoms with E-state index in [0.29, 0.717) is 18.4 Å². The molecule has 1 heterocycles. The van der Waals surface area contributed by atoms with Crippen molar-refractivity contribution in [2.75, 3.05) is 6.54 Å². The number of rotatable bonds is 7. The maximum absolute atomic E-state index is 14.0. The molecule has 0 saturated carbocycles. The number of hydrogen-bond donors (Lipinski definition) is 1. The van der Waals surface area contributed by atoms with Crippen LogP contribution in [0.3, 0.4) is 0 Å². The van der Waals surface area contributed by atoms with Crippen LogP contribution in [0.2, 0.25) is 5.02 Å². The lowest BCUT2D eigenvalue weighted by Gasteiger charge is -2.18. The van der Waals surface area contributed by atoms with Gasteiger partial charge in [0.05, 0.1) is 5.02 Å². The fourth-order valence-corrected chi connectivity index (χ4v) is 2.46. The lowest BCUT2D eigenvalue weighted by atomic mass is 10.0. The van der Waals surface area contributed by atoms with Gasteiger partial charge in [0.1, 0.15) is 18.0 Å². The van der Waals surface area contributed by atoms with Crippen LogP contribution < -0.4 is 5.32 Å². The van der Waals surface area contributed by atoms with E-state index in [1.807, 2.05) is 7.05 Å². The normalized spacial score (nSPS) is 12.6. The molecule has 1 aromatic heterocycles. The first-order valence-corrected chi connectivity index (χ1v) is 7.48. The molecule has 2 rings (SSSR count). The number of nitrogens with one attached hydrogen (secondary N) is 1. The highest BCUT2D eigenvalue weighted by molar-refractivity contribution is 6.30. The molecule has 21 heavy (non-hydrogen) atoms. The van der Waals surface area contributed by atoms with E-state index < -0.39 is 0 Å². The van der Waals surface area contributed by atoms with E-state index in [0.717, 1.165) is 18.8 Å². The summed E-state index contributed by atoms with van der Waals surface area (Å²) < 4.78 is 15.8. The van der Waals surface area contributed by atoms with Crippen LogP contribution in [0.1, 0.15) is 24.7 Å². The molecule has 0 aliphatic rings. The van der Waals surface area contributed by atoms with E-state index in [-0.39, 0.29) is 16.9 Å². The molecule has 0 amide bonds. The molecule has 0 saturated heterocycles. The predicted molar refractivity (Wildman–Crippen MR) is 81.9 cm³/mol. The zero-order valence-corrected chi connectivity index (χ0v) is 13.1. The highest BCUT2D eigenvalue weighted by atomic mass is 35.5. The second-order valence-corrected chi connectivity index (χ2v) is 5.48. The zero-order chi connectivity index (χ0) is 15.2. The molecule has 0 fully saturated rings. The Labute approximate surface area is 129 Å². The van der Waals surface area contributed by atoms with Gasteiger partial charge < -0.3 is 5.32 Å². The summed E-state index contributed by atoms with van der Waals surface area (Å²) in [6, 6.07) is 5.22. The average Bonchev–Trinajstić information content (AvgIpc) is 2.86. The van der Waals surface area contributed by atoms with Gasteiger partial charge in [-0.15, -0.1) is 0 Å². The van der Waals surface area contributed by atoms with E-state index in [2.05, 4.69) is 22.3 Å². The average molecular weight is 311 g/mol. The SMILES string of the molecule is CCCNC(Cc1cccc(Cl)c1F)Cc1ncnn1C. The fraction of sp³-hybridized carbons (Fsp3) is 0.467. The third-order valence-corrected chi connectivity index (χ3v) is 3.71. The van der Waals surface area contributed by atoms with Gasteiger partial charge in [-0.05, 0) is 31.0 Å². The van der Waals surface area contributed by atoms with Crippen molar-refractivity contribution in [3.63, 3.8) is 0 Å². The Morgan fingerprint density at radius 3 is 2.86 bits per heavy atom.